The van der Waals surface area contributed by atoms with Crippen LogP contribution in [0.4, 0.5) is 5.13 Å². The quantitative estimate of drug-likeness (QED) is 0.371. The summed E-state index contributed by atoms with van der Waals surface area (Å²) < 4.78 is 6.36. The van der Waals surface area contributed by atoms with E-state index in [-0.39, 0.29) is 5.91 Å². The van der Waals surface area contributed by atoms with Crippen LogP contribution in [0.25, 0.3) is 21.0 Å². The summed E-state index contributed by atoms with van der Waals surface area (Å²) in [4.78, 5) is 22.7. The lowest BCUT2D eigenvalue weighted by molar-refractivity contribution is 0.0985. The fourth-order valence-corrected chi connectivity index (χ4v) is 4.78. The summed E-state index contributed by atoms with van der Waals surface area (Å²) in [6.07, 6.45) is 0. The summed E-state index contributed by atoms with van der Waals surface area (Å²) in [6, 6.07) is 19.7. The first-order chi connectivity index (χ1) is 15.1. The fourth-order valence-electron chi connectivity index (χ4n) is 3.76. The van der Waals surface area contributed by atoms with Crippen LogP contribution in [0.2, 0.25) is 0 Å². The van der Waals surface area contributed by atoms with Crippen molar-refractivity contribution in [3.05, 3.63) is 66.2 Å². The SMILES string of the molecule is CCN(CC)CCN(C(=O)c1cccc2ccccc12)c1nc2ccc(OC)cc2s1. The van der Waals surface area contributed by atoms with Crippen molar-refractivity contribution >= 4 is 43.4 Å². The zero-order valence-corrected chi connectivity index (χ0v) is 19.0. The van der Waals surface area contributed by atoms with E-state index >= 15 is 0 Å². The number of nitrogens with zero attached hydrogens (tertiary/aromatic N) is 3. The van der Waals surface area contributed by atoms with E-state index in [1.54, 1.807) is 7.11 Å². The third-order valence-corrected chi connectivity index (χ3v) is 6.66. The highest BCUT2D eigenvalue weighted by Crippen LogP contribution is 2.33. The van der Waals surface area contributed by atoms with E-state index in [9.17, 15) is 4.79 Å². The predicted molar refractivity (Wildman–Crippen MR) is 130 cm³/mol. The first kappa shape index (κ1) is 21.3. The number of hydrogen-bond donors (Lipinski definition) is 0. The van der Waals surface area contributed by atoms with Gasteiger partial charge >= 0.3 is 0 Å². The molecule has 0 bridgehead atoms. The molecule has 160 valence electrons. The van der Waals surface area contributed by atoms with Crippen LogP contribution in [-0.2, 0) is 0 Å². The van der Waals surface area contributed by atoms with E-state index in [0.717, 1.165) is 46.4 Å². The van der Waals surface area contributed by atoms with Crippen LogP contribution in [-0.4, -0.2) is 49.1 Å². The average Bonchev–Trinajstić information content (AvgIpc) is 3.24. The van der Waals surface area contributed by atoms with E-state index < -0.39 is 0 Å². The van der Waals surface area contributed by atoms with E-state index in [0.29, 0.717) is 17.2 Å². The van der Waals surface area contributed by atoms with Gasteiger partial charge < -0.3 is 9.64 Å². The van der Waals surface area contributed by atoms with Crippen LogP contribution in [0.15, 0.2) is 60.7 Å². The Morgan fingerprint density at radius 2 is 1.77 bits per heavy atom. The van der Waals surface area contributed by atoms with Gasteiger partial charge in [-0.1, -0.05) is 61.6 Å². The Bertz CT molecular complexity index is 1190. The van der Waals surface area contributed by atoms with Gasteiger partial charge in [0.05, 0.1) is 17.3 Å². The number of fused-ring (bicyclic) bond motifs is 2. The lowest BCUT2D eigenvalue weighted by atomic mass is 10.0. The molecule has 0 fully saturated rings. The Morgan fingerprint density at radius 1 is 1.00 bits per heavy atom. The number of likely N-dealkylation sites (N-methyl/N-ethyl adjacent to an activating group) is 1. The molecular weight excluding hydrogens is 406 g/mol. The summed E-state index contributed by atoms with van der Waals surface area (Å²) in [6.45, 7) is 7.56. The highest BCUT2D eigenvalue weighted by molar-refractivity contribution is 7.22. The highest BCUT2D eigenvalue weighted by atomic mass is 32.1. The first-order valence-electron chi connectivity index (χ1n) is 10.6. The van der Waals surface area contributed by atoms with E-state index in [2.05, 4.69) is 18.7 Å². The second-order valence-corrected chi connectivity index (χ2v) is 8.35. The Morgan fingerprint density at radius 3 is 2.55 bits per heavy atom. The summed E-state index contributed by atoms with van der Waals surface area (Å²) >= 11 is 1.53. The summed E-state index contributed by atoms with van der Waals surface area (Å²) in [7, 11) is 1.66. The van der Waals surface area contributed by atoms with Crippen LogP contribution >= 0.6 is 11.3 Å². The van der Waals surface area contributed by atoms with Crippen LogP contribution in [0.1, 0.15) is 24.2 Å². The largest absolute Gasteiger partial charge is 0.497 e. The lowest BCUT2D eigenvalue weighted by Gasteiger charge is -2.25. The predicted octanol–water partition coefficient (Wildman–Crippen LogP) is 5.45. The summed E-state index contributed by atoms with van der Waals surface area (Å²) in [5.74, 6) is 0.771. The van der Waals surface area contributed by atoms with Gasteiger partial charge in [-0.25, -0.2) is 4.98 Å². The molecule has 0 aliphatic heterocycles. The van der Waals surface area contributed by atoms with Crippen molar-refractivity contribution in [3.63, 3.8) is 0 Å². The van der Waals surface area contributed by atoms with E-state index in [1.165, 1.54) is 11.3 Å². The minimum Gasteiger partial charge on any atom is -0.497 e. The zero-order chi connectivity index (χ0) is 21.8. The number of methoxy groups -OCH3 is 1. The number of anilines is 1. The monoisotopic (exact) mass is 433 g/mol. The van der Waals surface area contributed by atoms with Crippen molar-refractivity contribution in [3.8, 4) is 5.75 Å². The standard InChI is InChI=1S/C25H27N3O2S/c1-4-27(5-2)15-16-28(25-26-22-14-13-19(30-3)17-23(22)31-25)24(29)21-12-8-10-18-9-6-7-11-20(18)21/h6-14,17H,4-5,15-16H2,1-3H3. The van der Waals surface area contributed by atoms with Gasteiger partial charge in [0.25, 0.3) is 5.91 Å². The molecular formula is C25H27N3O2S. The molecule has 0 N–H and O–H groups in total. The second-order valence-electron chi connectivity index (χ2n) is 7.34. The molecule has 1 amide bonds. The number of amides is 1. The fraction of sp³-hybridized carbons (Fsp3) is 0.280. The number of aromatic nitrogens is 1. The minimum atomic E-state index is -0.0185. The molecule has 1 heterocycles. The van der Waals surface area contributed by atoms with Gasteiger partial charge in [0.15, 0.2) is 5.13 Å². The molecule has 0 saturated heterocycles. The molecule has 5 nitrogen and oxygen atoms in total. The van der Waals surface area contributed by atoms with Crippen molar-refractivity contribution in [1.29, 1.82) is 0 Å². The Balaban J connectivity index is 1.76. The first-order valence-corrected chi connectivity index (χ1v) is 11.4. The van der Waals surface area contributed by atoms with Crippen molar-refractivity contribution in [1.82, 2.24) is 9.88 Å². The molecule has 0 unspecified atom stereocenters. The van der Waals surface area contributed by atoms with Gasteiger partial charge in [-0.15, -0.1) is 0 Å². The van der Waals surface area contributed by atoms with Crippen molar-refractivity contribution in [2.24, 2.45) is 0 Å². The molecule has 0 atom stereocenters. The highest BCUT2D eigenvalue weighted by Gasteiger charge is 2.23. The lowest BCUT2D eigenvalue weighted by Crippen LogP contribution is -2.39. The molecule has 4 aromatic rings. The Labute approximate surface area is 186 Å². The number of benzene rings is 3. The topological polar surface area (TPSA) is 45.7 Å². The molecule has 6 heteroatoms. The second kappa shape index (κ2) is 9.45. The van der Waals surface area contributed by atoms with Gasteiger partial charge in [0, 0.05) is 18.7 Å². The van der Waals surface area contributed by atoms with Crippen molar-refractivity contribution < 1.29 is 9.53 Å². The number of carbonyl (C=O) groups is 1. The molecule has 0 spiro atoms. The number of ether oxygens (including phenoxy) is 1. The molecule has 0 radical (unpaired) electrons. The maximum Gasteiger partial charge on any atom is 0.260 e. The van der Waals surface area contributed by atoms with E-state index in [1.807, 2.05) is 65.6 Å². The molecule has 4 rings (SSSR count). The number of hydrogen-bond acceptors (Lipinski definition) is 5. The normalized spacial score (nSPS) is 11.4. The maximum atomic E-state index is 13.8. The Kier molecular flexibility index (Phi) is 6.49. The summed E-state index contributed by atoms with van der Waals surface area (Å²) in [5.41, 5.74) is 1.58. The number of rotatable bonds is 8. The van der Waals surface area contributed by atoms with Crippen LogP contribution in [0.3, 0.4) is 0 Å². The van der Waals surface area contributed by atoms with Crippen LogP contribution in [0, 0.1) is 0 Å². The summed E-state index contributed by atoms with van der Waals surface area (Å²) in [5, 5.41) is 2.74. The smallest absolute Gasteiger partial charge is 0.260 e. The van der Waals surface area contributed by atoms with Gasteiger partial charge in [0.2, 0.25) is 0 Å². The molecule has 31 heavy (non-hydrogen) atoms. The van der Waals surface area contributed by atoms with Gasteiger partial charge in [-0.3, -0.25) is 9.69 Å². The molecule has 0 aliphatic rings. The third-order valence-electron chi connectivity index (χ3n) is 5.61. The maximum absolute atomic E-state index is 13.8. The van der Waals surface area contributed by atoms with Crippen molar-refractivity contribution in [2.45, 2.75) is 13.8 Å². The molecule has 0 aliphatic carbocycles. The average molecular weight is 434 g/mol. The van der Waals surface area contributed by atoms with Crippen molar-refractivity contribution in [2.75, 3.05) is 38.2 Å². The van der Waals surface area contributed by atoms with Gasteiger partial charge in [-0.05, 0) is 48.1 Å². The zero-order valence-electron chi connectivity index (χ0n) is 18.2. The molecule has 1 aromatic heterocycles. The third kappa shape index (κ3) is 4.40. The van der Waals surface area contributed by atoms with Gasteiger partial charge in [-0.2, -0.15) is 0 Å². The van der Waals surface area contributed by atoms with Gasteiger partial charge in [0.1, 0.15) is 5.75 Å². The van der Waals surface area contributed by atoms with Crippen LogP contribution < -0.4 is 9.64 Å². The molecule has 0 saturated carbocycles. The number of carbonyl (C=O) groups excluding carboxylic acids is 1. The number of thiazole rings is 1. The Hall–Kier alpha value is -2.96. The van der Waals surface area contributed by atoms with E-state index in [4.69, 9.17) is 9.72 Å². The van der Waals surface area contributed by atoms with Crippen LogP contribution in [0.5, 0.6) is 5.75 Å². The minimum absolute atomic E-state index is 0.0185. The molecule has 3 aromatic carbocycles.